The number of hydrogen-bond donors (Lipinski definition) is 3. The topological polar surface area (TPSA) is 130 Å². The van der Waals surface area contributed by atoms with Gasteiger partial charge in [0, 0.05) is 11.8 Å². The Labute approximate surface area is 155 Å². The Morgan fingerprint density at radius 1 is 1.27 bits per heavy atom. The lowest BCUT2D eigenvalue weighted by molar-refractivity contribution is -0.113. The van der Waals surface area contributed by atoms with E-state index in [0.29, 0.717) is 20.2 Å². The first-order chi connectivity index (χ1) is 12.5. The highest BCUT2D eigenvalue weighted by Crippen LogP contribution is 2.39. The number of nitrogens with zero attached hydrogens (tertiary/aromatic N) is 2. The van der Waals surface area contributed by atoms with Crippen LogP contribution in [0, 0.1) is 22.7 Å². The summed E-state index contributed by atoms with van der Waals surface area (Å²) in [5, 5.41) is 30.7. The molecule has 0 aliphatic carbocycles. The summed E-state index contributed by atoms with van der Waals surface area (Å²) in [4.78, 5) is 26.1. The molecule has 2 aromatic heterocycles. The summed E-state index contributed by atoms with van der Waals surface area (Å²) >= 11 is 2.29. The Hall–Kier alpha value is -3.27. The molecule has 0 radical (unpaired) electrons. The summed E-state index contributed by atoms with van der Waals surface area (Å²) in [6.45, 7) is 0. The molecule has 3 aromatic rings. The highest BCUT2D eigenvalue weighted by atomic mass is 32.2. The normalized spacial score (nSPS) is 10.2. The molecule has 9 heteroatoms. The van der Waals surface area contributed by atoms with Crippen LogP contribution in [0.25, 0.3) is 10.2 Å². The van der Waals surface area contributed by atoms with Gasteiger partial charge in [-0.1, -0.05) is 0 Å². The van der Waals surface area contributed by atoms with Crippen LogP contribution in [-0.2, 0) is 4.79 Å². The van der Waals surface area contributed by atoms with E-state index in [4.69, 9.17) is 5.26 Å². The number of pyridine rings is 1. The predicted octanol–water partition coefficient (Wildman–Crippen LogP) is 2.77. The molecule has 0 unspecified atom stereocenters. The van der Waals surface area contributed by atoms with Crippen LogP contribution >= 0.6 is 23.1 Å². The molecule has 0 bridgehead atoms. The van der Waals surface area contributed by atoms with Crippen LogP contribution in [0.5, 0.6) is 5.75 Å². The van der Waals surface area contributed by atoms with Crippen molar-refractivity contribution in [1.82, 2.24) is 4.98 Å². The first kappa shape index (κ1) is 17.5. The Kier molecular flexibility index (Phi) is 4.94. The number of hydrogen-bond acceptors (Lipinski definition) is 7. The largest absolute Gasteiger partial charge is 0.506 e. The second-order valence-corrected chi connectivity index (χ2v) is 7.39. The first-order valence-electron chi connectivity index (χ1n) is 7.23. The monoisotopic (exact) mass is 382 g/mol. The molecule has 3 N–H and O–H groups in total. The van der Waals surface area contributed by atoms with Crippen LogP contribution in [0.4, 0.5) is 5.69 Å². The van der Waals surface area contributed by atoms with E-state index < -0.39 is 5.56 Å². The number of rotatable bonds is 4. The highest BCUT2D eigenvalue weighted by Gasteiger charge is 2.17. The maximum absolute atomic E-state index is 12.1. The number of amides is 1. The smallest absolute Gasteiger partial charge is 0.252 e. The van der Waals surface area contributed by atoms with Crippen molar-refractivity contribution in [3.63, 3.8) is 0 Å². The van der Waals surface area contributed by atoms with Crippen LogP contribution in [-0.4, -0.2) is 21.8 Å². The minimum Gasteiger partial charge on any atom is -0.506 e. The SMILES string of the molecule is N#Cc1ccc(NC(=O)CSc2sc3c(O)cc(=O)[nH]c3c2C#N)cc1. The van der Waals surface area contributed by atoms with E-state index in [9.17, 15) is 20.0 Å². The molecule has 1 amide bonds. The second kappa shape index (κ2) is 7.31. The van der Waals surface area contributed by atoms with E-state index in [1.54, 1.807) is 24.3 Å². The van der Waals surface area contributed by atoms with Gasteiger partial charge in [0.2, 0.25) is 5.91 Å². The lowest BCUT2D eigenvalue weighted by Gasteiger charge is -2.04. The third kappa shape index (κ3) is 3.54. The van der Waals surface area contributed by atoms with E-state index in [0.717, 1.165) is 29.2 Å². The van der Waals surface area contributed by atoms with Crippen molar-refractivity contribution < 1.29 is 9.90 Å². The van der Waals surface area contributed by atoms with Crippen LogP contribution in [0.1, 0.15) is 11.1 Å². The number of aromatic hydroxyl groups is 1. The molecule has 7 nitrogen and oxygen atoms in total. The number of aromatic nitrogens is 1. The van der Waals surface area contributed by atoms with Crippen molar-refractivity contribution in [1.29, 1.82) is 10.5 Å². The van der Waals surface area contributed by atoms with Gasteiger partial charge in [-0.05, 0) is 24.3 Å². The fourth-order valence-corrected chi connectivity index (χ4v) is 4.36. The zero-order valence-electron chi connectivity index (χ0n) is 13.1. The quantitative estimate of drug-likeness (QED) is 0.595. The standard InChI is InChI=1S/C17H10N4O3S2/c18-6-9-1-3-10(4-2-9)20-14(24)8-25-17-11(7-19)15-16(26-17)12(22)5-13(23)21-15/h1-5H,8H2,(H,20,24)(H2,21,22,23). The number of H-pyrrole nitrogens is 1. The van der Waals surface area contributed by atoms with Gasteiger partial charge in [0.15, 0.2) is 0 Å². The van der Waals surface area contributed by atoms with Crippen LogP contribution in [0.2, 0.25) is 0 Å². The summed E-state index contributed by atoms with van der Waals surface area (Å²) in [5.74, 6) is -0.426. The van der Waals surface area contributed by atoms with Gasteiger partial charge in [-0.3, -0.25) is 9.59 Å². The Morgan fingerprint density at radius 2 is 2.00 bits per heavy atom. The van der Waals surface area contributed by atoms with E-state index in [1.807, 2.05) is 12.1 Å². The number of benzene rings is 1. The maximum Gasteiger partial charge on any atom is 0.252 e. The van der Waals surface area contributed by atoms with Crippen LogP contribution in [0.15, 0.2) is 39.3 Å². The Bertz CT molecular complexity index is 1130. The Morgan fingerprint density at radius 3 is 2.65 bits per heavy atom. The number of nitriles is 2. The molecule has 0 spiro atoms. The van der Waals surface area contributed by atoms with Gasteiger partial charge in [0.05, 0.1) is 31.8 Å². The van der Waals surface area contributed by atoms with Crippen molar-refractivity contribution in [3.05, 3.63) is 51.8 Å². The summed E-state index contributed by atoms with van der Waals surface area (Å²) < 4.78 is 0.936. The second-order valence-electron chi connectivity index (χ2n) is 5.13. The number of carbonyl (C=O) groups excluding carboxylic acids is 1. The molecule has 0 saturated carbocycles. The Balaban J connectivity index is 1.76. The molecule has 0 atom stereocenters. The number of carbonyl (C=O) groups is 1. The molecule has 0 saturated heterocycles. The minimum absolute atomic E-state index is 0.0481. The minimum atomic E-state index is -0.501. The van der Waals surface area contributed by atoms with Crippen molar-refractivity contribution in [2.75, 3.05) is 11.1 Å². The fourth-order valence-electron chi connectivity index (χ4n) is 2.22. The van der Waals surface area contributed by atoms with Gasteiger partial charge in [-0.15, -0.1) is 23.1 Å². The van der Waals surface area contributed by atoms with Gasteiger partial charge in [0.1, 0.15) is 17.4 Å². The van der Waals surface area contributed by atoms with E-state index >= 15 is 0 Å². The average Bonchev–Trinajstić information content (AvgIpc) is 2.98. The molecule has 0 aliphatic heterocycles. The molecule has 128 valence electrons. The molecule has 0 fully saturated rings. The maximum atomic E-state index is 12.1. The van der Waals surface area contributed by atoms with Gasteiger partial charge in [0.25, 0.3) is 5.56 Å². The highest BCUT2D eigenvalue weighted by molar-refractivity contribution is 8.02. The summed E-state index contributed by atoms with van der Waals surface area (Å²) in [6, 6.07) is 11.5. The molecule has 0 aliphatic rings. The molecular weight excluding hydrogens is 372 g/mol. The molecular formula is C17H10N4O3S2. The van der Waals surface area contributed by atoms with E-state index in [1.165, 1.54) is 0 Å². The zero-order chi connectivity index (χ0) is 18.7. The molecule has 26 heavy (non-hydrogen) atoms. The first-order valence-corrected chi connectivity index (χ1v) is 9.03. The number of thiophene rings is 1. The molecule has 3 rings (SSSR count). The van der Waals surface area contributed by atoms with Crippen molar-refractivity contribution in [2.45, 2.75) is 4.21 Å². The fraction of sp³-hybridized carbons (Fsp3) is 0.0588. The van der Waals surface area contributed by atoms with Crippen molar-refractivity contribution >= 4 is 44.9 Å². The van der Waals surface area contributed by atoms with Gasteiger partial charge in [-0.2, -0.15) is 10.5 Å². The number of thioether (sulfide) groups is 1. The van der Waals surface area contributed by atoms with E-state index in [2.05, 4.69) is 10.3 Å². The van der Waals surface area contributed by atoms with E-state index in [-0.39, 0.29) is 28.5 Å². The molecule has 1 aromatic carbocycles. The van der Waals surface area contributed by atoms with Gasteiger partial charge in [-0.25, -0.2) is 0 Å². The van der Waals surface area contributed by atoms with Crippen molar-refractivity contribution in [2.24, 2.45) is 0 Å². The summed E-state index contributed by atoms with van der Waals surface area (Å²) in [7, 11) is 0. The summed E-state index contributed by atoms with van der Waals surface area (Å²) in [6.07, 6.45) is 0. The zero-order valence-corrected chi connectivity index (χ0v) is 14.7. The lowest BCUT2D eigenvalue weighted by atomic mass is 10.2. The third-order valence-electron chi connectivity index (χ3n) is 3.37. The average molecular weight is 382 g/mol. The molecule has 2 heterocycles. The number of nitrogens with one attached hydrogen (secondary N) is 2. The lowest BCUT2D eigenvalue weighted by Crippen LogP contribution is -2.13. The van der Waals surface area contributed by atoms with Crippen LogP contribution < -0.4 is 10.9 Å². The number of fused-ring (bicyclic) bond motifs is 1. The summed E-state index contributed by atoms with van der Waals surface area (Å²) in [5.41, 5.74) is 1.06. The predicted molar refractivity (Wildman–Crippen MR) is 99.3 cm³/mol. The van der Waals surface area contributed by atoms with Gasteiger partial charge < -0.3 is 15.4 Å². The van der Waals surface area contributed by atoms with Crippen LogP contribution in [0.3, 0.4) is 0 Å². The number of aromatic amines is 1. The van der Waals surface area contributed by atoms with Gasteiger partial charge >= 0.3 is 0 Å². The number of anilines is 1. The van der Waals surface area contributed by atoms with Crippen molar-refractivity contribution in [3.8, 4) is 17.9 Å². The third-order valence-corrected chi connectivity index (χ3v) is 5.85.